The second-order valence-corrected chi connectivity index (χ2v) is 7.47. The van der Waals surface area contributed by atoms with Crippen LogP contribution in [0.3, 0.4) is 0 Å². The lowest BCUT2D eigenvalue weighted by atomic mass is 9.70. The van der Waals surface area contributed by atoms with Crippen molar-refractivity contribution in [2.24, 2.45) is 5.92 Å². The predicted octanol–water partition coefficient (Wildman–Crippen LogP) is 5.06. The molecule has 0 amide bonds. The number of fused-ring (bicyclic) bond motifs is 3. The molecule has 1 heterocycles. The van der Waals surface area contributed by atoms with E-state index in [0.717, 1.165) is 24.1 Å². The maximum atomic E-state index is 5.41. The number of aryl methyl sites for hydroxylation is 1. The van der Waals surface area contributed by atoms with Gasteiger partial charge in [0.2, 0.25) is 0 Å². The first-order chi connectivity index (χ1) is 11.7. The molecule has 0 spiro atoms. The Bertz CT molecular complexity index is 702. The summed E-state index contributed by atoms with van der Waals surface area (Å²) in [4.78, 5) is 2.69. The second kappa shape index (κ2) is 7.80. The van der Waals surface area contributed by atoms with Gasteiger partial charge < -0.3 is 4.74 Å². The quantitative estimate of drug-likeness (QED) is 0.761. The van der Waals surface area contributed by atoms with E-state index in [1.54, 1.807) is 12.7 Å². The molecule has 3 heteroatoms. The first-order valence-electron chi connectivity index (χ1n) is 9.19. The van der Waals surface area contributed by atoms with Gasteiger partial charge >= 0.3 is 0 Å². The number of halogens is 1. The number of rotatable bonds is 3. The third-order valence-corrected chi connectivity index (χ3v) is 6.02. The number of methoxy groups -OCH3 is 1. The average molecular weight is 358 g/mol. The van der Waals surface area contributed by atoms with E-state index in [9.17, 15) is 0 Å². The van der Waals surface area contributed by atoms with Gasteiger partial charge in [-0.1, -0.05) is 36.4 Å². The van der Waals surface area contributed by atoms with E-state index in [0.29, 0.717) is 6.04 Å². The number of piperidine rings is 1. The smallest absolute Gasteiger partial charge is 0.119 e. The van der Waals surface area contributed by atoms with Crippen LogP contribution in [0, 0.1) is 5.92 Å². The van der Waals surface area contributed by atoms with E-state index in [2.05, 4.69) is 60.4 Å². The van der Waals surface area contributed by atoms with E-state index in [1.165, 1.54) is 36.9 Å². The van der Waals surface area contributed by atoms with Gasteiger partial charge in [0, 0.05) is 19.1 Å². The van der Waals surface area contributed by atoms with Gasteiger partial charge in [0.1, 0.15) is 5.75 Å². The summed E-state index contributed by atoms with van der Waals surface area (Å²) in [5.41, 5.74) is 4.53. The Balaban J connectivity index is 0.00000182. The Hall–Kier alpha value is -1.51. The summed E-state index contributed by atoms with van der Waals surface area (Å²) in [5.74, 6) is 2.52. The summed E-state index contributed by atoms with van der Waals surface area (Å²) < 4.78 is 5.41. The summed E-state index contributed by atoms with van der Waals surface area (Å²) in [5, 5.41) is 0. The van der Waals surface area contributed by atoms with Gasteiger partial charge in [-0.2, -0.15) is 0 Å². The summed E-state index contributed by atoms with van der Waals surface area (Å²) in [6.07, 6.45) is 3.78. The lowest BCUT2D eigenvalue weighted by Crippen LogP contribution is -2.46. The largest absolute Gasteiger partial charge is 0.497 e. The molecule has 1 fully saturated rings. The Morgan fingerprint density at radius 3 is 2.68 bits per heavy atom. The van der Waals surface area contributed by atoms with Gasteiger partial charge in [-0.25, -0.2) is 0 Å². The minimum atomic E-state index is 0. The zero-order valence-electron chi connectivity index (χ0n) is 15.2. The lowest BCUT2D eigenvalue weighted by molar-refractivity contribution is 0.0839. The second-order valence-electron chi connectivity index (χ2n) is 7.47. The van der Waals surface area contributed by atoms with E-state index in [1.807, 2.05) is 0 Å². The van der Waals surface area contributed by atoms with Gasteiger partial charge in [-0.3, -0.25) is 4.90 Å². The SMILES string of the molecule is COc1ccc2c(c1)CCC1CN(Cc3ccccc3)[C@H](C)C[C@@H]21.Cl. The van der Waals surface area contributed by atoms with Crippen LogP contribution >= 0.6 is 12.4 Å². The topological polar surface area (TPSA) is 12.5 Å². The molecule has 1 aliphatic carbocycles. The van der Waals surface area contributed by atoms with Crippen molar-refractivity contribution < 1.29 is 4.74 Å². The zero-order valence-corrected chi connectivity index (χ0v) is 16.0. The summed E-state index contributed by atoms with van der Waals surface area (Å²) in [7, 11) is 1.76. The molecule has 2 nitrogen and oxygen atoms in total. The van der Waals surface area contributed by atoms with Crippen molar-refractivity contribution in [1.29, 1.82) is 0 Å². The zero-order chi connectivity index (χ0) is 16.5. The van der Waals surface area contributed by atoms with Crippen molar-refractivity contribution in [2.75, 3.05) is 13.7 Å². The molecule has 0 radical (unpaired) electrons. The maximum Gasteiger partial charge on any atom is 0.119 e. The normalized spacial score (nSPS) is 25.4. The van der Waals surface area contributed by atoms with Gasteiger partial charge in [-0.05, 0) is 66.8 Å². The molecule has 134 valence electrons. The van der Waals surface area contributed by atoms with Gasteiger partial charge in [-0.15, -0.1) is 12.4 Å². The Morgan fingerprint density at radius 1 is 1.12 bits per heavy atom. The van der Waals surface area contributed by atoms with Crippen LogP contribution in [0.1, 0.15) is 42.4 Å². The molecular weight excluding hydrogens is 330 g/mol. The van der Waals surface area contributed by atoms with E-state index >= 15 is 0 Å². The van der Waals surface area contributed by atoms with Gasteiger partial charge in [0.25, 0.3) is 0 Å². The molecule has 2 aromatic rings. The van der Waals surface area contributed by atoms with Crippen LogP contribution in [0.5, 0.6) is 5.75 Å². The number of benzene rings is 2. The fraction of sp³-hybridized carbons (Fsp3) is 0.455. The molecule has 1 unspecified atom stereocenters. The Kier molecular flexibility index (Phi) is 5.71. The number of nitrogens with zero attached hydrogens (tertiary/aromatic N) is 1. The Labute approximate surface area is 157 Å². The van der Waals surface area contributed by atoms with Crippen molar-refractivity contribution in [2.45, 2.75) is 44.7 Å². The van der Waals surface area contributed by atoms with Crippen LogP contribution in [0.25, 0.3) is 0 Å². The highest BCUT2D eigenvalue weighted by atomic mass is 35.5. The molecule has 2 aromatic carbocycles. The highest BCUT2D eigenvalue weighted by molar-refractivity contribution is 5.85. The van der Waals surface area contributed by atoms with Crippen LogP contribution in [-0.4, -0.2) is 24.6 Å². The number of likely N-dealkylation sites (tertiary alicyclic amines) is 1. The fourth-order valence-corrected chi connectivity index (χ4v) is 4.66. The maximum absolute atomic E-state index is 5.41. The summed E-state index contributed by atoms with van der Waals surface area (Å²) in [6, 6.07) is 18.3. The van der Waals surface area contributed by atoms with Crippen LogP contribution in [-0.2, 0) is 13.0 Å². The standard InChI is InChI=1S/C22H27NO.ClH/c1-16-12-22-19(15-23(16)14-17-6-4-3-5-7-17)9-8-18-13-20(24-2)10-11-21(18)22;/h3-7,10-11,13,16,19,22H,8-9,12,14-15H2,1-2H3;1H/t16-,19?,22-;/m1./s1. The predicted molar refractivity (Wildman–Crippen MR) is 106 cm³/mol. The molecular formula is C22H28ClNO. The molecule has 4 rings (SSSR count). The van der Waals surface area contributed by atoms with Crippen molar-refractivity contribution >= 4 is 12.4 Å². The van der Waals surface area contributed by atoms with Crippen molar-refractivity contribution in [1.82, 2.24) is 4.90 Å². The van der Waals surface area contributed by atoms with Gasteiger partial charge in [0.15, 0.2) is 0 Å². The van der Waals surface area contributed by atoms with E-state index in [4.69, 9.17) is 4.74 Å². The highest BCUT2D eigenvalue weighted by Crippen LogP contribution is 2.44. The molecule has 0 saturated carbocycles. The monoisotopic (exact) mass is 357 g/mol. The molecule has 2 aliphatic rings. The van der Waals surface area contributed by atoms with E-state index < -0.39 is 0 Å². The molecule has 0 bridgehead atoms. The van der Waals surface area contributed by atoms with Crippen molar-refractivity contribution in [3.63, 3.8) is 0 Å². The molecule has 1 saturated heterocycles. The third-order valence-electron chi connectivity index (χ3n) is 6.02. The minimum absolute atomic E-state index is 0. The van der Waals surface area contributed by atoms with Crippen molar-refractivity contribution in [3.05, 3.63) is 65.2 Å². The van der Waals surface area contributed by atoms with Crippen molar-refractivity contribution in [3.8, 4) is 5.75 Å². The highest BCUT2D eigenvalue weighted by Gasteiger charge is 2.37. The first kappa shape index (κ1) is 18.3. The summed E-state index contributed by atoms with van der Waals surface area (Å²) >= 11 is 0. The first-order valence-corrected chi connectivity index (χ1v) is 9.19. The van der Waals surface area contributed by atoms with Crippen LogP contribution in [0.15, 0.2) is 48.5 Å². The lowest BCUT2D eigenvalue weighted by Gasteiger charge is -2.46. The molecule has 3 atom stereocenters. The number of hydrogen-bond donors (Lipinski definition) is 0. The van der Waals surface area contributed by atoms with E-state index in [-0.39, 0.29) is 12.4 Å². The Morgan fingerprint density at radius 2 is 1.92 bits per heavy atom. The molecule has 0 N–H and O–H groups in total. The van der Waals surface area contributed by atoms with Gasteiger partial charge in [0.05, 0.1) is 7.11 Å². The minimum Gasteiger partial charge on any atom is -0.497 e. The number of ether oxygens (including phenoxy) is 1. The third kappa shape index (κ3) is 3.70. The summed E-state index contributed by atoms with van der Waals surface area (Å²) in [6.45, 7) is 4.71. The molecule has 0 aromatic heterocycles. The van der Waals surface area contributed by atoms with Crippen LogP contribution in [0.2, 0.25) is 0 Å². The number of hydrogen-bond acceptors (Lipinski definition) is 2. The molecule has 1 aliphatic heterocycles. The average Bonchev–Trinajstić information content (AvgIpc) is 2.63. The molecule has 25 heavy (non-hydrogen) atoms. The fourth-order valence-electron chi connectivity index (χ4n) is 4.66. The van der Waals surface area contributed by atoms with Crippen LogP contribution < -0.4 is 4.74 Å². The van der Waals surface area contributed by atoms with Crippen LogP contribution in [0.4, 0.5) is 0 Å².